The van der Waals surface area contributed by atoms with Gasteiger partial charge in [-0.05, 0) is 89.3 Å². The molecular formula is C35H48N4O6S. The van der Waals surface area contributed by atoms with Crippen LogP contribution in [0.5, 0.6) is 0 Å². The lowest BCUT2D eigenvalue weighted by molar-refractivity contribution is -0.153. The van der Waals surface area contributed by atoms with Crippen LogP contribution in [-0.2, 0) is 37.4 Å². The number of amides is 1. The molecule has 0 saturated heterocycles. The van der Waals surface area contributed by atoms with Gasteiger partial charge in [-0.2, -0.15) is 4.31 Å². The smallest absolute Gasteiger partial charge is 0.416 e. The minimum atomic E-state index is -4.05. The van der Waals surface area contributed by atoms with E-state index in [4.69, 9.17) is 9.47 Å². The van der Waals surface area contributed by atoms with Crippen LogP contribution < -0.4 is 4.90 Å². The van der Waals surface area contributed by atoms with E-state index in [9.17, 15) is 18.0 Å². The second kappa shape index (κ2) is 15.6. The minimum absolute atomic E-state index is 0.0716. The van der Waals surface area contributed by atoms with Crippen molar-refractivity contribution >= 4 is 27.9 Å². The number of carbonyl (C=O) groups is 2. The SMILES string of the molecule is CCCCC(C)c1ccc(CN(Cc2cccc(N(CC(=O)OC(C)(C)C)C(=O)OC(C)(C)C)n2)S(=O)(=O)c2ccccn2)cc1. The summed E-state index contributed by atoms with van der Waals surface area (Å²) in [5.74, 6) is -0.113. The Balaban J connectivity index is 1.97. The average Bonchev–Trinajstić information content (AvgIpc) is 2.97. The van der Waals surface area contributed by atoms with Gasteiger partial charge in [-0.1, -0.05) is 63.1 Å². The van der Waals surface area contributed by atoms with Gasteiger partial charge in [0.1, 0.15) is 23.6 Å². The number of hydrogen-bond acceptors (Lipinski definition) is 8. The van der Waals surface area contributed by atoms with Crippen molar-refractivity contribution < 1.29 is 27.5 Å². The molecule has 2 aromatic heterocycles. The van der Waals surface area contributed by atoms with Crippen molar-refractivity contribution in [1.82, 2.24) is 14.3 Å². The lowest BCUT2D eigenvalue weighted by atomic mass is 9.95. The summed E-state index contributed by atoms with van der Waals surface area (Å²) in [4.78, 5) is 35.9. The van der Waals surface area contributed by atoms with Crippen molar-refractivity contribution in [2.45, 2.75) is 110 Å². The molecule has 0 saturated carbocycles. The Morgan fingerprint density at radius 1 is 0.870 bits per heavy atom. The number of hydrogen-bond donors (Lipinski definition) is 0. The van der Waals surface area contributed by atoms with Gasteiger partial charge >= 0.3 is 12.1 Å². The summed E-state index contributed by atoms with van der Waals surface area (Å²) in [5.41, 5.74) is 0.774. The molecule has 250 valence electrons. The first kappa shape index (κ1) is 36.6. The molecule has 1 aromatic carbocycles. The molecule has 0 aliphatic carbocycles. The fraction of sp³-hybridized carbons (Fsp3) is 0.486. The van der Waals surface area contributed by atoms with E-state index in [2.05, 4.69) is 35.9 Å². The predicted octanol–water partition coefficient (Wildman–Crippen LogP) is 7.24. The van der Waals surface area contributed by atoms with Crippen molar-refractivity contribution in [2.24, 2.45) is 0 Å². The Hall–Kier alpha value is -3.83. The molecule has 0 bridgehead atoms. The predicted molar refractivity (Wildman–Crippen MR) is 179 cm³/mol. The molecule has 3 aromatic rings. The number of rotatable bonds is 13. The summed E-state index contributed by atoms with van der Waals surface area (Å²) in [6, 6.07) is 17.6. The Morgan fingerprint density at radius 3 is 2.13 bits per heavy atom. The molecule has 0 spiro atoms. The summed E-state index contributed by atoms with van der Waals surface area (Å²) < 4.78 is 40.1. The van der Waals surface area contributed by atoms with Crippen LogP contribution in [-0.4, -0.2) is 52.5 Å². The van der Waals surface area contributed by atoms with Gasteiger partial charge < -0.3 is 9.47 Å². The maximum Gasteiger partial charge on any atom is 0.416 e. The van der Waals surface area contributed by atoms with E-state index < -0.39 is 39.8 Å². The van der Waals surface area contributed by atoms with Gasteiger partial charge in [0.2, 0.25) is 0 Å². The highest BCUT2D eigenvalue weighted by atomic mass is 32.2. The minimum Gasteiger partial charge on any atom is -0.459 e. The third-order valence-electron chi connectivity index (χ3n) is 6.87. The topological polar surface area (TPSA) is 119 Å². The lowest BCUT2D eigenvalue weighted by Crippen LogP contribution is -2.42. The number of aromatic nitrogens is 2. The number of ether oxygens (including phenoxy) is 2. The zero-order valence-electron chi connectivity index (χ0n) is 28.3. The molecule has 11 heteroatoms. The normalized spacial score (nSPS) is 12.9. The molecule has 0 N–H and O–H groups in total. The van der Waals surface area contributed by atoms with Gasteiger partial charge in [0, 0.05) is 12.7 Å². The summed E-state index contributed by atoms with van der Waals surface area (Å²) in [7, 11) is -4.05. The molecule has 0 fully saturated rings. The van der Waals surface area contributed by atoms with Crippen LogP contribution in [0.3, 0.4) is 0 Å². The van der Waals surface area contributed by atoms with Crippen molar-refractivity contribution in [1.29, 1.82) is 0 Å². The molecule has 0 radical (unpaired) electrons. The Morgan fingerprint density at radius 2 is 1.54 bits per heavy atom. The summed E-state index contributed by atoms with van der Waals surface area (Å²) in [5, 5.41) is -0.0868. The van der Waals surface area contributed by atoms with Gasteiger partial charge in [-0.25, -0.2) is 23.2 Å². The third kappa shape index (κ3) is 11.2. The van der Waals surface area contributed by atoms with Crippen LogP contribution in [0.4, 0.5) is 10.6 Å². The van der Waals surface area contributed by atoms with E-state index in [0.717, 1.165) is 29.7 Å². The van der Waals surface area contributed by atoms with Gasteiger partial charge in [-0.15, -0.1) is 0 Å². The first-order valence-corrected chi connectivity index (χ1v) is 17.1. The quantitative estimate of drug-likeness (QED) is 0.177. The first-order chi connectivity index (χ1) is 21.5. The fourth-order valence-electron chi connectivity index (χ4n) is 4.63. The molecule has 10 nitrogen and oxygen atoms in total. The number of unbranched alkanes of at least 4 members (excludes halogenated alkanes) is 1. The number of nitrogens with zero attached hydrogens (tertiary/aromatic N) is 4. The van der Waals surface area contributed by atoms with Gasteiger partial charge in [0.05, 0.1) is 12.2 Å². The second-order valence-electron chi connectivity index (χ2n) is 13.4. The first-order valence-electron chi connectivity index (χ1n) is 15.7. The molecule has 0 aliphatic rings. The van der Waals surface area contributed by atoms with Crippen LogP contribution in [0.1, 0.15) is 97.4 Å². The third-order valence-corrected chi connectivity index (χ3v) is 8.58. The van der Waals surface area contributed by atoms with Crippen LogP contribution in [0.25, 0.3) is 0 Å². The van der Waals surface area contributed by atoms with Gasteiger partial charge in [0.25, 0.3) is 10.0 Å². The highest BCUT2D eigenvalue weighted by molar-refractivity contribution is 7.89. The molecule has 0 aliphatic heterocycles. The lowest BCUT2D eigenvalue weighted by Gasteiger charge is -2.28. The fourth-order valence-corrected chi connectivity index (χ4v) is 5.97. The van der Waals surface area contributed by atoms with Crippen molar-refractivity contribution in [3.05, 3.63) is 83.7 Å². The number of benzene rings is 1. The van der Waals surface area contributed by atoms with E-state index in [1.807, 2.05) is 12.1 Å². The number of anilines is 1. The molecule has 46 heavy (non-hydrogen) atoms. The maximum atomic E-state index is 13.9. The van der Waals surface area contributed by atoms with Crippen LogP contribution >= 0.6 is 0 Å². The second-order valence-corrected chi connectivity index (χ2v) is 15.3. The number of esters is 1. The highest BCUT2D eigenvalue weighted by Gasteiger charge is 2.30. The molecule has 1 amide bonds. The Kier molecular flexibility index (Phi) is 12.5. The van der Waals surface area contributed by atoms with Crippen molar-refractivity contribution in [2.75, 3.05) is 11.4 Å². The Labute approximate surface area is 274 Å². The average molecular weight is 653 g/mol. The summed E-state index contributed by atoms with van der Waals surface area (Å²) in [6.07, 6.45) is 4.02. The molecule has 2 heterocycles. The van der Waals surface area contributed by atoms with E-state index in [1.165, 1.54) is 22.1 Å². The van der Waals surface area contributed by atoms with Crippen LogP contribution in [0, 0.1) is 0 Å². The standard InChI is InChI=1S/C35H48N4O6S/c1-9-10-14-26(2)28-20-18-27(19-21-28)23-38(46(42,43)31-17-11-12-22-36-31)24-29-15-13-16-30(37-29)39(33(41)45-35(6,7)8)25-32(40)44-34(3,4)5/h11-13,15-22,26H,9-10,14,23-25H2,1-8H3. The van der Waals surface area contributed by atoms with E-state index in [1.54, 1.807) is 71.9 Å². The zero-order valence-corrected chi connectivity index (χ0v) is 29.1. The van der Waals surface area contributed by atoms with Crippen molar-refractivity contribution in [3.8, 4) is 0 Å². The van der Waals surface area contributed by atoms with E-state index >= 15 is 0 Å². The Bertz CT molecular complexity index is 1550. The zero-order chi connectivity index (χ0) is 34.1. The largest absolute Gasteiger partial charge is 0.459 e. The number of pyridine rings is 2. The molecule has 3 rings (SSSR count). The van der Waals surface area contributed by atoms with E-state index in [-0.39, 0.29) is 23.9 Å². The van der Waals surface area contributed by atoms with Crippen LogP contribution in [0.15, 0.2) is 71.9 Å². The van der Waals surface area contributed by atoms with Gasteiger partial charge in [-0.3, -0.25) is 9.69 Å². The molecule has 1 atom stereocenters. The highest BCUT2D eigenvalue weighted by Crippen LogP contribution is 2.25. The number of sulfonamides is 1. The molecular weight excluding hydrogens is 604 g/mol. The monoisotopic (exact) mass is 652 g/mol. The molecule has 1 unspecified atom stereocenters. The maximum absolute atomic E-state index is 13.9. The van der Waals surface area contributed by atoms with E-state index in [0.29, 0.717) is 11.6 Å². The summed E-state index contributed by atoms with van der Waals surface area (Å²) >= 11 is 0. The number of carbonyl (C=O) groups excluding carboxylic acids is 2. The summed E-state index contributed by atoms with van der Waals surface area (Å²) in [6.45, 7) is 14.3. The van der Waals surface area contributed by atoms with Gasteiger partial charge in [0.15, 0.2) is 5.03 Å². The van der Waals surface area contributed by atoms with Crippen molar-refractivity contribution in [3.63, 3.8) is 0 Å². The van der Waals surface area contributed by atoms with Crippen LogP contribution in [0.2, 0.25) is 0 Å².